The lowest BCUT2D eigenvalue weighted by Gasteiger charge is -2.19. The first-order chi connectivity index (χ1) is 20.5. The van der Waals surface area contributed by atoms with E-state index in [-0.39, 0.29) is 18.4 Å². The van der Waals surface area contributed by atoms with Crippen molar-refractivity contribution in [2.75, 3.05) is 19.8 Å². The van der Waals surface area contributed by atoms with Crippen LogP contribution in [-0.2, 0) is 48.9 Å². The minimum atomic E-state index is -0.373. The smallest absolute Gasteiger partial charge is 0.355 e. The number of carbonyl (C=O) groups excluding carboxylic acids is 1. The van der Waals surface area contributed by atoms with E-state index in [2.05, 4.69) is 23.3 Å². The molecule has 0 saturated heterocycles. The van der Waals surface area contributed by atoms with Crippen LogP contribution in [0.4, 0.5) is 4.39 Å². The maximum absolute atomic E-state index is 15.9. The Bertz CT molecular complexity index is 1620. The molecule has 0 bridgehead atoms. The number of halogens is 1. The fourth-order valence-electron chi connectivity index (χ4n) is 6.79. The Morgan fingerprint density at radius 3 is 2.81 bits per heavy atom. The molecule has 6 rings (SSSR count). The SMILES string of the molecule is CCOC(=O)c1c(CCCOc2cccc3c2CCCC3)c2ccc(F)c3c2n1CCCCOCc1c-3c(C)nn1C. The molecule has 1 aliphatic carbocycles. The number of benzene rings is 2. The minimum Gasteiger partial charge on any atom is -0.493 e. The van der Waals surface area contributed by atoms with Crippen LogP contribution in [0.1, 0.15) is 77.6 Å². The highest BCUT2D eigenvalue weighted by atomic mass is 19.1. The second-order valence-corrected chi connectivity index (χ2v) is 11.4. The molecular weight excluding hydrogens is 533 g/mol. The monoisotopic (exact) mass is 573 g/mol. The van der Waals surface area contributed by atoms with E-state index < -0.39 is 0 Å². The summed E-state index contributed by atoms with van der Waals surface area (Å²) in [4.78, 5) is 13.6. The number of nitrogens with zero attached hydrogens (tertiary/aromatic N) is 3. The van der Waals surface area contributed by atoms with Gasteiger partial charge in [0.05, 0.1) is 36.7 Å². The third-order valence-corrected chi connectivity index (χ3v) is 8.68. The van der Waals surface area contributed by atoms with Gasteiger partial charge < -0.3 is 18.8 Å². The molecule has 0 unspecified atom stereocenters. The number of ether oxygens (including phenoxy) is 3. The van der Waals surface area contributed by atoms with E-state index in [1.54, 1.807) is 4.68 Å². The van der Waals surface area contributed by atoms with Gasteiger partial charge in [0.2, 0.25) is 0 Å². The molecule has 0 saturated carbocycles. The highest BCUT2D eigenvalue weighted by Crippen LogP contribution is 2.40. The normalized spacial score (nSPS) is 15.1. The van der Waals surface area contributed by atoms with E-state index in [1.165, 1.54) is 30.0 Å². The first-order valence-electron chi connectivity index (χ1n) is 15.3. The zero-order valence-corrected chi connectivity index (χ0v) is 24.9. The standard InChI is InChI=1S/C34H40FN3O4/c1-4-41-34(39)33-25(14-10-20-42-29-15-9-12-23-11-5-6-13-24(23)29)26-16-17-27(35)31-30-22(2)36-37(3)28(30)21-40-19-8-7-18-38(33)32(26)31/h9,12,15-17H,4-8,10-11,13-14,18-21H2,1-3H3. The molecule has 2 aromatic heterocycles. The third kappa shape index (κ3) is 5.21. The van der Waals surface area contributed by atoms with Gasteiger partial charge in [-0.2, -0.15) is 5.10 Å². The van der Waals surface area contributed by atoms with E-state index in [1.807, 2.05) is 31.5 Å². The highest BCUT2D eigenvalue weighted by molar-refractivity contribution is 6.05. The largest absolute Gasteiger partial charge is 0.493 e. The maximum Gasteiger partial charge on any atom is 0.355 e. The van der Waals surface area contributed by atoms with Gasteiger partial charge in [0.15, 0.2) is 0 Å². The second kappa shape index (κ2) is 12.3. The second-order valence-electron chi connectivity index (χ2n) is 11.4. The van der Waals surface area contributed by atoms with Crippen LogP contribution in [-0.4, -0.2) is 40.1 Å². The Morgan fingerprint density at radius 2 is 1.95 bits per heavy atom. The van der Waals surface area contributed by atoms with E-state index in [0.29, 0.717) is 50.5 Å². The molecule has 2 aliphatic rings. The highest BCUT2D eigenvalue weighted by Gasteiger charge is 2.30. The quantitative estimate of drug-likeness (QED) is 0.178. The summed E-state index contributed by atoms with van der Waals surface area (Å²) in [6, 6.07) is 9.69. The van der Waals surface area contributed by atoms with Crippen molar-refractivity contribution in [2.24, 2.45) is 7.05 Å². The van der Waals surface area contributed by atoms with Gasteiger partial charge in [-0.25, -0.2) is 9.18 Å². The Kier molecular flexibility index (Phi) is 8.34. The number of aryl methyl sites for hydroxylation is 5. The third-order valence-electron chi connectivity index (χ3n) is 8.68. The predicted molar refractivity (Wildman–Crippen MR) is 161 cm³/mol. The molecule has 0 radical (unpaired) electrons. The lowest BCUT2D eigenvalue weighted by Crippen LogP contribution is -2.15. The lowest BCUT2D eigenvalue weighted by atomic mass is 9.91. The van der Waals surface area contributed by atoms with E-state index in [4.69, 9.17) is 14.2 Å². The fourth-order valence-corrected chi connectivity index (χ4v) is 6.79. The molecule has 0 amide bonds. The van der Waals surface area contributed by atoms with Crippen LogP contribution in [0, 0.1) is 12.7 Å². The van der Waals surface area contributed by atoms with Gasteiger partial charge >= 0.3 is 5.97 Å². The zero-order valence-electron chi connectivity index (χ0n) is 24.9. The van der Waals surface area contributed by atoms with Crippen molar-refractivity contribution in [3.05, 3.63) is 69.9 Å². The Balaban J connectivity index is 1.43. The summed E-state index contributed by atoms with van der Waals surface area (Å²) < 4.78 is 37.6. The van der Waals surface area contributed by atoms with Crippen molar-refractivity contribution in [1.82, 2.24) is 14.3 Å². The van der Waals surface area contributed by atoms with Crippen LogP contribution < -0.4 is 4.74 Å². The van der Waals surface area contributed by atoms with Crippen molar-refractivity contribution in [2.45, 2.75) is 78.4 Å². The lowest BCUT2D eigenvalue weighted by molar-refractivity contribution is 0.0512. The van der Waals surface area contributed by atoms with Crippen molar-refractivity contribution < 1.29 is 23.4 Å². The summed E-state index contributed by atoms with van der Waals surface area (Å²) in [5, 5.41) is 5.50. The summed E-state index contributed by atoms with van der Waals surface area (Å²) >= 11 is 0. The summed E-state index contributed by atoms with van der Waals surface area (Å²) in [5.74, 6) is 0.264. The molecule has 222 valence electrons. The van der Waals surface area contributed by atoms with Crippen LogP contribution in [0.15, 0.2) is 30.3 Å². The Morgan fingerprint density at radius 1 is 1.10 bits per heavy atom. The number of fused-ring (bicyclic) bond motifs is 3. The predicted octanol–water partition coefficient (Wildman–Crippen LogP) is 6.87. The van der Waals surface area contributed by atoms with Crippen LogP contribution in [0.25, 0.3) is 22.0 Å². The minimum absolute atomic E-state index is 0.267. The van der Waals surface area contributed by atoms with Gasteiger partial charge in [-0.15, -0.1) is 0 Å². The maximum atomic E-state index is 15.9. The van der Waals surface area contributed by atoms with Crippen LogP contribution >= 0.6 is 0 Å². The van der Waals surface area contributed by atoms with Crippen LogP contribution in [0.3, 0.4) is 0 Å². The molecule has 0 atom stereocenters. The Hall–Kier alpha value is -3.65. The van der Waals surface area contributed by atoms with Crippen molar-refractivity contribution in [3.63, 3.8) is 0 Å². The van der Waals surface area contributed by atoms with Gasteiger partial charge in [0.1, 0.15) is 17.3 Å². The topological polar surface area (TPSA) is 67.5 Å². The van der Waals surface area contributed by atoms with Crippen molar-refractivity contribution >= 4 is 16.9 Å². The first-order valence-corrected chi connectivity index (χ1v) is 15.3. The molecule has 2 aromatic carbocycles. The van der Waals surface area contributed by atoms with Gasteiger partial charge in [0.25, 0.3) is 0 Å². The molecule has 0 fully saturated rings. The number of carbonyl (C=O) groups is 1. The molecule has 3 heterocycles. The fraction of sp³-hybridized carbons (Fsp3) is 0.471. The average molecular weight is 574 g/mol. The average Bonchev–Trinajstić information content (AvgIpc) is 3.43. The van der Waals surface area contributed by atoms with E-state index in [0.717, 1.165) is 64.9 Å². The van der Waals surface area contributed by atoms with E-state index >= 15 is 4.39 Å². The molecular formula is C34H40FN3O4. The summed E-state index contributed by atoms with van der Waals surface area (Å²) in [5.41, 5.74) is 7.62. The van der Waals surface area contributed by atoms with Crippen molar-refractivity contribution in [1.29, 1.82) is 0 Å². The van der Waals surface area contributed by atoms with Crippen LogP contribution in [0.5, 0.6) is 5.75 Å². The Labute approximate surface area is 246 Å². The molecule has 42 heavy (non-hydrogen) atoms. The zero-order chi connectivity index (χ0) is 29.2. The number of rotatable bonds is 7. The van der Waals surface area contributed by atoms with Crippen molar-refractivity contribution in [3.8, 4) is 16.9 Å². The van der Waals surface area contributed by atoms with Gasteiger partial charge in [-0.3, -0.25) is 4.68 Å². The molecule has 8 heteroatoms. The molecule has 1 aliphatic heterocycles. The molecule has 7 nitrogen and oxygen atoms in total. The summed E-state index contributed by atoms with van der Waals surface area (Å²) in [6.45, 7) is 6.00. The summed E-state index contributed by atoms with van der Waals surface area (Å²) in [7, 11) is 1.87. The van der Waals surface area contributed by atoms with Crippen LogP contribution in [0.2, 0.25) is 0 Å². The number of hydrogen-bond acceptors (Lipinski definition) is 5. The molecule has 0 spiro atoms. The number of aromatic nitrogens is 3. The van der Waals surface area contributed by atoms with Gasteiger partial charge in [-0.1, -0.05) is 12.1 Å². The first kappa shape index (κ1) is 28.5. The van der Waals surface area contributed by atoms with Gasteiger partial charge in [0, 0.05) is 36.7 Å². The number of hydrogen-bond donors (Lipinski definition) is 0. The van der Waals surface area contributed by atoms with Gasteiger partial charge in [-0.05, 0) is 100 Å². The molecule has 0 N–H and O–H groups in total. The number of esters is 1. The molecule has 4 aromatic rings. The summed E-state index contributed by atoms with van der Waals surface area (Å²) in [6.07, 6.45) is 7.53. The van der Waals surface area contributed by atoms with E-state index in [9.17, 15) is 4.79 Å².